The number of rotatable bonds is 3. The van der Waals surface area contributed by atoms with Crippen LogP contribution in [0.2, 0.25) is 0 Å². The maximum absolute atomic E-state index is 12.3. The van der Waals surface area contributed by atoms with Gasteiger partial charge in [-0.1, -0.05) is 6.07 Å². The lowest BCUT2D eigenvalue weighted by atomic mass is 10.1. The summed E-state index contributed by atoms with van der Waals surface area (Å²) in [5, 5.41) is 3.20. The number of amides is 1. The van der Waals surface area contributed by atoms with E-state index < -0.39 is 0 Å². The van der Waals surface area contributed by atoms with Crippen LogP contribution in [0, 0.1) is 10.5 Å². The van der Waals surface area contributed by atoms with E-state index in [4.69, 9.17) is 0 Å². The third kappa shape index (κ3) is 3.01. The lowest BCUT2D eigenvalue weighted by molar-refractivity contribution is 0.0937. The molecule has 1 aliphatic carbocycles. The molecule has 0 radical (unpaired) electrons. The molecule has 1 saturated carbocycles. The first-order valence-corrected chi connectivity index (χ1v) is 8.45. The molecule has 0 bridgehead atoms. The van der Waals surface area contributed by atoms with Gasteiger partial charge in [0.25, 0.3) is 5.91 Å². The highest BCUT2D eigenvalue weighted by Gasteiger charge is 2.39. The average molecular weight is 384 g/mol. The number of carbonyl (C=O) groups excluding carboxylic acids is 1. The Kier molecular flexibility index (Phi) is 4.04. The standard InChI is InChI=1S/C16H21IN2O/c1-10-3-4-12(8-15(10)17)16(20)18-13-7-11(2)19(9-13)14-5-6-14/h3-4,8,11,13-14H,5-7,9H2,1-2H3,(H,18,20). The molecule has 108 valence electrons. The fourth-order valence-electron chi connectivity index (χ4n) is 3.08. The van der Waals surface area contributed by atoms with Crippen molar-refractivity contribution in [2.24, 2.45) is 0 Å². The van der Waals surface area contributed by atoms with Gasteiger partial charge in [0.2, 0.25) is 0 Å². The zero-order chi connectivity index (χ0) is 14.3. The number of carbonyl (C=O) groups is 1. The normalized spacial score (nSPS) is 26.8. The SMILES string of the molecule is Cc1ccc(C(=O)NC2CC(C)N(C3CC3)C2)cc1I. The van der Waals surface area contributed by atoms with Gasteiger partial charge in [0.05, 0.1) is 0 Å². The first-order valence-electron chi connectivity index (χ1n) is 7.37. The van der Waals surface area contributed by atoms with Gasteiger partial charge in [-0.25, -0.2) is 0 Å². The minimum atomic E-state index is 0.0674. The van der Waals surface area contributed by atoms with Crippen LogP contribution in [-0.2, 0) is 0 Å². The molecule has 0 spiro atoms. The zero-order valence-electron chi connectivity index (χ0n) is 12.0. The van der Waals surface area contributed by atoms with Crippen molar-refractivity contribution in [3.05, 3.63) is 32.9 Å². The van der Waals surface area contributed by atoms with Crippen LogP contribution in [0.25, 0.3) is 0 Å². The monoisotopic (exact) mass is 384 g/mol. The van der Waals surface area contributed by atoms with E-state index in [1.165, 1.54) is 18.4 Å². The second kappa shape index (κ2) is 5.64. The summed E-state index contributed by atoms with van der Waals surface area (Å²) in [6.07, 6.45) is 3.74. The maximum Gasteiger partial charge on any atom is 0.251 e. The van der Waals surface area contributed by atoms with Gasteiger partial charge in [-0.2, -0.15) is 0 Å². The Hall–Kier alpha value is -0.620. The minimum Gasteiger partial charge on any atom is -0.348 e. The third-order valence-corrected chi connectivity index (χ3v) is 5.57. The molecule has 3 nitrogen and oxygen atoms in total. The molecule has 1 aliphatic heterocycles. The van der Waals surface area contributed by atoms with Crippen molar-refractivity contribution in [1.29, 1.82) is 0 Å². The smallest absolute Gasteiger partial charge is 0.251 e. The predicted octanol–water partition coefficient (Wildman–Crippen LogP) is 2.95. The second-order valence-corrected chi connectivity index (χ2v) is 7.31. The molecule has 1 N–H and O–H groups in total. The third-order valence-electron chi connectivity index (χ3n) is 4.41. The van der Waals surface area contributed by atoms with Crippen molar-refractivity contribution in [2.45, 2.75) is 51.2 Å². The van der Waals surface area contributed by atoms with Crippen LogP contribution in [-0.4, -0.2) is 35.5 Å². The van der Waals surface area contributed by atoms with Crippen molar-refractivity contribution in [1.82, 2.24) is 10.2 Å². The highest BCUT2D eigenvalue weighted by molar-refractivity contribution is 14.1. The van der Waals surface area contributed by atoms with Gasteiger partial charge in [0, 0.05) is 33.8 Å². The fraction of sp³-hybridized carbons (Fsp3) is 0.562. The lowest BCUT2D eigenvalue weighted by Gasteiger charge is -2.19. The van der Waals surface area contributed by atoms with Gasteiger partial charge in [-0.05, 0) is 73.4 Å². The molecule has 0 aromatic heterocycles. The van der Waals surface area contributed by atoms with E-state index in [1.54, 1.807) is 0 Å². The Balaban J connectivity index is 1.62. The second-order valence-electron chi connectivity index (χ2n) is 6.15. The number of nitrogens with one attached hydrogen (secondary N) is 1. The first kappa shape index (κ1) is 14.3. The molecule has 1 amide bonds. The van der Waals surface area contributed by atoms with Gasteiger partial charge < -0.3 is 5.32 Å². The summed E-state index contributed by atoms with van der Waals surface area (Å²) in [5.74, 6) is 0.0674. The van der Waals surface area contributed by atoms with Gasteiger partial charge in [-0.15, -0.1) is 0 Å². The van der Waals surface area contributed by atoms with Crippen LogP contribution in [0.1, 0.15) is 42.1 Å². The Morgan fingerprint density at radius 1 is 1.40 bits per heavy atom. The Labute approximate surface area is 134 Å². The van der Waals surface area contributed by atoms with E-state index in [0.29, 0.717) is 12.1 Å². The first-order chi connectivity index (χ1) is 9.54. The Morgan fingerprint density at radius 3 is 2.80 bits per heavy atom. The van der Waals surface area contributed by atoms with Crippen molar-refractivity contribution in [3.63, 3.8) is 0 Å². The van der Waals surface area contributed by atoms with Crippen LogP contribution in [0.3, 0.4) is 0 Å². The summed E-state index contributed by atoms with van der Waals surface area (Å²) in [5.41, 5.74) is 1.99. The number of halogens is 1. The van der Waals surface area contributed by atoms with Crippen LogP contribution in [0.5, 0.6) is 0 Å². The number of benzene rings is 1. The molecule has 2 fully saturated rings. The molecule has 4 heteroatoms. The van der Waals surface area contributed by atoms with Gasteiger partial charge >= 0.3 is 0 Å². The van der Waals surface area contributed by atoms with Crippen molar-refractivity contribution in [3.8, 4) is 0 Å². The van der Waals surface area contributed by atoms with Gasteiger partial charge in [0.15, 0.2) is 0 Å². The van der Waals surface area contributed by atoms with E-state index in [0.717, 1.165) is 28.1 Å². The van der Waals surface area contributed by atoms with Crippen molar-refractivity contribution in [2.75, 3.05) is 6.54 Å². The number of aryl methyl sites for hydroxylation is 1. The molecule has 20 heavy (non-hydrogen) atoms. The summed E-state index contributed by atoms with van der Waals surface area (Å²) >= 11 is 2.28. The van der Waals surface area contributed by atoms with Crippen LogP contribution in [0.15, 0.2) is 18.2 Å². The number of likely N-dealkylation sites (tertiary alicyclic amines) is 1. The highest BCUT2D eigenvalue weighted by atomic mass is 127. The maximum atomic E-state index is 12.3. The molecule has 3 rings (SSSR count). The van der Waals surface area contributed by atoms with E-state index in [9.17, 15) is 4.79 Å². The van der Waals surface area contributed by atoms with Crippen molar-refractivity contribution >= 4 is 28.5 Å². The molecule has 2 unspecified atom stereocenters. The quantitative estimate of drug-likeness (QED) is 0.813. The van der Waals surface area contributed by atoms with E-state index in [2.05, 4.69) is 46.7 Å². The zero-order valence-corrected chi connectivity index (χ0v) is 14.2. The van der Waals surface area contributed by atoms with Crippen LogP contribution < -0.4 is 5.32 Å². The number of hydrogen-bond donors (Lipinski definition) is 1. The van der Waals surface area contributed by atoms with Crippen molar-refractivity contribution < 1.29 is 4.79 Å². The summed E-state index contributed by atoms with van der Waals surface area (Å²) in [6, 6.07) is 7.60. The minimum absolute atomic E-state index is 0.0674. The Bertz CT molecular complexity index is 527. The largest absolute Gasteiger partial charge is 0.348 e. The Morgan fingerprint density at radius 2 is 2.15 bits per heavy atom. The molecular formula is C16H21IN2O. The molecule has 1 aromatic carbocycles. The topological polar surface area (TPSA) is 32.3 Å². The molecule has 2 aliphatic rings. The molecule has 1 heterocycles. The van der Waals surface area contributed by atoms with Crippen LogP contribution >= 0.6 is 22.6 Å². The van der Waals surface area contributed by atoms with E-state index in [-0.39, 0.29) is 5.91 Å². The fourth-order valence-corrected chi connectivity index (χ4v) is 3.59. The summed E-state index contributed by atoms with van der Waals surface area (Å²) < 4.78 is 1.15. The average Bonchev–Trinajstić information content (AvgIpc) is 3.17. The molecule has 2 atom stereocenters. The highest BCUT2D eigenvalue weighted by Crippen LogP contribution is 2.33. The lowest BCUT2D eigenvalue weighted by Crippen LogP contribution is -2.37. The van der Waals surface area contributed by atoms with E-state index >= 15 is 0 Å². The number of nitrogens with zero attached hydrogens (tertiary/aromatic N) is 1. The van der Waals surface area contributed by atoms with Gasteiger partial charge in [-0.3, -0.25) is 9.69 Å². The van der Waals surface area contributed by atoms with Gasteiger partial charge in [0.1, 0.15) is 0 Å². The van der Waals surface area contributed by atoms with Crippen LogP contribution in [0.4, 0.5) is 0 Å². The summed E-state index contributed by atoms with van der Waals surface area (Å²) in [6.45, 7) is 5.36. The molecular weight excluding hydrogens is 363 g/mol. The van der Waals surface area contributed by atoms with E-state index in [1.807, 2.05) is 18.2 Å². The summed E-state index contributed by atoms with van der Waals surface area (Å²) in [7, 11) is 0. The predicted molar refractivity (Wildman–Crippen MR) is 89.0 cm³/mol. The number of hydrogen-bond acceptors (Lipinski definition) is 2. The molecule has 1 saturated heterocycles. The molecule has 1 aromatic rings. The summed E-state index contributed by atoms with van der Waals surface area (Å²) in [4.78, 5) is 14.9.